The lowest BCUT2D eigenvalue weighted by molar-refractivity contribution is 0.596. The van der Waals surface area contributed by atoms with Crippen molar-refractivity contribution in [2.75, 3.05) is 0 Å². The Balaban J connectivity index is 2.81. The number of nitrogens with two attached hydrogens (primary N) is 1. The van der Waals surface area contributed by atoms with Gasteiger partial charge in [0.25, 0.3) is 0 Å². The van der Waals surface area contributed by atoms with Crippen molar-refractivity contribution >= 4 is 10.0 Å². The van der Waals surface area contributed by atoms with Gasteiger partial charge in [0.1, 0.15) is 5.75 Å². The molecule has 1 rings (SSSR count). The summed E-state index contributed by atoms with van der Waals surface area (Å²) in [6, 6.07) is 0. The molecule has 6 nitrogen and oxygen atoms in total. The Hall–Kier alpha value is -0.950. The lowest BCUT2D eigenvalue weighted by Gasteiger charge is -1.89. The Kier molecular flexibility index (Phi) is 1.92. The van der Waals surface area contributed by atoms with Crippen LogP contribution >= 0.6 is 0 Å². The zero-order valence-electron chi connectivity index (χ0n) is 5.93. The summed E-state index contributed by atoms with van der Waals surface area (Å²) in [4.78, 5) is 0. The SMILES string of the molecule is Cn1cc(CS(N)(=O)=O)nn1. The van der Waals surface area contributed by atoms with E-state index in [4.69, 9.17) is 5.14 Å². The molecule has 0 aliphatic rings. The summed E-state index contributed by atoms with van der Waals surface area (Å²) >= 11 is 0. The number of primary sulfonamides is 1. The third-order valence-corrected chi connectivity index (χ3v) is 1.70. The molecule has 0 saturated carbocycles. The molecule has 0 fully saturated rings. The van der Waals surface area contributed by atoms with E-state index in [9.17, 15) is 8.42 Å². The average molecular weight is 176 g/mol. The number of aryl methyl sites for hydroxylation is 1. The van der Waals surface area contributed by atoms with Gasteiger partial charge in [0.2, 0.25) is 10.0 Å². The van der Waals surface area contributed by atoms with Crippen LogP contribution in [0, 0.1) is 0 Å². The zero-order valence-corrected chi connectivity index (χ0v) is 6.74. The van der Waals surface area contributed by atoms with Gasteiger partial charge >= 0.3 is 0 Å². The maximum atomic E-state index is 10.5. The molecule has 2 N–H and O–H groups in total. The molecule has 0 saturated heterocycles. The monoisotopic (exact) mass is 176 g/mol. The molecule has 7 heteroatoms. The summed E-state index contributed by atoms with van der Waals surface area (Å²) in [7, 11) is -1.83. The summed E-state index contributed by atoms with van der Waals surface area (Å²) < 4.78 is 22.4. The smallest absolute Gasteiger partial charge is 0.214 e. The van der Waals surface area contributed by atoms with Gasteiger partial charge in [0, 0.05) is 13.2 Å². The van der Waals surface area contributed by atoms with E-state index >= 15 is 0 Å². The first kappa shape index (κ1) is 8.15. The van der Waals surface area contributed by atoms with Gasteiger partial charge in [-0.2, -0.15) is 0 Å². The van der Waals surface area contributed by atoms with Gasteiger partial charge in [-0.15, -0.1) is 5.10 Å². The first-order chi connectivity index (χ1) is 4.97. The maximum Gasteiger partial charge on any atom is 0.214 e. The zero-order chi connectivity index (χ0) is 8.48. The predicted octanol–water partition coefficient (Wildman–Crippen LogP) is -1.40. The van der Waals surface area contributed by atoms with Crippen molar-refractivity contribution in [3.05, 3.63) is 11.9 Å². The molecule has 0 aromatic carbocycles. The Bertz CT molecular complexity index is 341. The van der Waals surface area contributed by atoms with E-state index < -0.39 is 10.0 Å². The molecule has 1 aromatic rings. The van der Waals surface area contributed by atoms with E-state index in [1.165, 1.54) is 10.9 Å². The fraction of sp³-hybridized carbons (Fsp3) is 0.500. The molecule has 1 heterocycles. The van der Waals surface area contributed by atoms with Crippen LogP contribution in [-0.2, 0) is 22.8 Å². The van der Waals surface area contributed by atoms with Crippen LogP contribution in [0.25, 0.3) is 0 Å². The Labute approximate surface area is 64.1 Å². The number of hydrogen-bond acceptors (Lipinski definition) is 4. The number of aromatic nitrogens is 3. The van der Waals surface area contributed by atoms with Crippen LogP contribution < -0.4 is 5.14 Å². The van der Waals surface area contributed by atoms with Crippen molar-refractivity contribution in [2.45, 2.75) is 5.75 Å². The topological polar surface area (TPSA) is 90.9 Å². The molecule has 1 aromatic heterocycles. The van der Waals surface area contributed by atoms with Crippen molar-refractivity contribution in [2.24, 2.45) is 12.2 Å². The van der Waals surface area contributed by atoms with Crippen LogP contribution in [0.5, 0.6) is 0 Å². The summed E-state index contributed by atoms with van der Waals surface area (Å²) in [6.07, 6.45) is 1.50. The minimum Gasteiger partial charge on any atom is -0.255 e. The normalized spacial score (nSPS) is 11.8. The van der Waals surface area contributed by atoms with Crippen LogP contribution in [0.1, 0.15) is 5.69 Å². The molecule has 0 bridgehead atoms. The molecular formula is C4H8N4O2S. The first-order valence-electron chi connectivity index (χ1n) is 2.83. The highest BCUT2D eigenvalue weighted by atomic mass is 32.2. The third-order valence-electron chi connectivity index (χ3n) is 0.999. The van der Waals surface area contributed by atoms with E-state index in [2.05, 4.69) is 10.3 Å². The van der Waals surface area contributed by atoms with Crippen LogP contribution in [-0.4, -0.2) is 23.4 Å². The van der Waals surface area contributed by atoms with Gasteiger partial charge < -0.3 is 0 Å². The Morgan fingerprint density at radius 2 is 2.36 bits per heavy atom. The largest absolute Gasteiger partial charge is 0.255 e. The maximum absolute atomic E-state index is 10.5. The predicted molar refractivity (Wildman–Crippen MR) is 37.8 cm³/mol. The lowest BCUT2D eigenvalue weighted by Crippen LogP contribution is -2.14. The van der Waals surface area contributed by atoms with E-state index in [1.807, 2.05) is 0 Å². The second kappa shape index (κ2) is 2.59. The van der Waals surface area contributed by atoms with Gasteiger partial charge in [-0.1, -0.05) is 5.21 Å². The lowest BCUT2D eigenvalue weighted by atomic mass is 10.6. The molecule has 11 heavy (non-hydrogen) atoms. The fourth-order valence-corrected chi connectivity index (χ4v) is 1.21. The van der Waals surface area contributed by atoms with Crippen molar-refractivity contribution in [1.29, 1.82) is 0 Å². The van der Waals surface area contributed by atoms with Gasteiger partial charge in [-0.3, -0.25) is 4.68 Å². The number of hydrogen-bond donors (Lipinski definition) is 1. The Morgan fingerprint density at radius 3 is 2.73 bits per heavy atom. The molecule has 0 unspecified atom stereocenters. The molecule has 0 atom stereocenters. The molecule has 0 spiro atoms. The second-order valence-corrected chi connectivity index (χ2v) is 3.81. The quantitative estimate of drug-likeness (QED) is 0.600. The Morgan fingerprint density at radius 1 is 1.73 bits per heavy atom. The number of nitrogens with zero attached hydrogens (tertiary/aromatic N) is 3. The van der Waals surface area contributed by atoms with Crippen molar-refractivity contribution < 1.29 is 8.42 Å². The summed E-state index contributed by atoms with van der Waals surface area (Å²) in [5, 5.41) is 11.9. The van der Waals surface area contributed by atoms with Crippen molar-refractivity contribution in [1.82, 2.24) is 15.0 Å². The van der Waals surface area contributed by atoms with Crippen molar-refractivity contribution in [3.8, 4) is 0 Å². The summed E-state index contributed by atoms with van der Waals surface area (Å²) in [5.74, 6) is -0.263. The minimum absolute atomic E-state index is 0.263. The molecule has 62 valence electrons. The standard InChI is InChI=1S/C4H8N4O2S/c1-8-2-4(6-7-8)3-11(5,9)10/h2H,3H2,1H3,(H2,5,9,10). The molecule has 0 amide bonds. The van der Waals surface area contributed by atoms with Gasteiger partial charge in [0.15, 0.2) is 0 Å². The molecule has 0 aliphatic heterocycles. The van der Waals surface area contributed by atoms with Crippen LogP contribution in [0.15, 0.2) is 6.20 Å². The van der Waals surface area contributed by atoms with Gasteiger partial charge in [-0.05, 0) is 0 Å². The van der Waals surface area contributed by atoms with E-state index in [0.717, 1.165) is 0 Å². The second-order valence-electron chi connectivity index (χ2n) is 2.19. The van der Waals surface area contributed by atoms with E-state index in [-0.39, 0.29) is 5.75 Å². The van der Waals surface area contributed by atoms with E-state index in [1.54, 1.807) is 7.05 Å². The summed E-state index contributed by atoms with van der Waals surface area (Å²) in [6.45, 7) is 0. The number of rotatable bonds is 2. The number of sulfonamides is 1. The van der Waals surface area contributed by atoms with Crippen LogP contribution in [0.3, 0.4) is 0 Å². The first-order valence-corrected chi connectivity index (χ1v) is 4.54. The fourth-order valence-electron chi connectivity index (χ4n) is 0.668. The summed E-state index contributed by atoms with van der Waals surface area (Å²) in [5.41, 5.74) is 0.356. The molecular weight excluding hydrogens is 168 g/mol. The average Bonchev–Trinajstić information content (AvgIpc) is 2.10. The van der Waals surface area contributed by atoms with Crippen LogP contribution in [0.2, 0.25) is 0 Å². The third kappa shape index (κ3) is 2.64. The molecule has 0 radical (unpaired) electrons. The van der Waals surface area contributed by atoms with E-state index in [0.29, 0.717) is 5.69 Å². The van der Waals surface area contributed by atoms with Gasteiger partial charge in [0.05, 0.1) is 5.69 Å². The van der Waals surface area contributed by atoms with Crippen LogP contribution in [0.4, 0.5) is 0 Å². The van der Waals surface area contributed by atoms with Gasteiger partial charge in [-0.25, -0.2) is 13.6 Å². The molecule has 0 aliphatic carbocycles. The van der Waals surface area contributed by atoms with Crippen molar-refractivity contribution in [3.63, 3.8) is 0 Å². The minimum atomic E-state index is -3.48. The highest BCUT2D eigenvalue weighted by molar-refractivity contribution is 7.88. The highest BCUT2D eigenvalue weighted by Gasteiger charge is 2.07. The highest BCUT2D eigenvalue weighted by Crippen LogP contribution is 1.95.